The predicted molar refractivity (Wildman–Crippen MR) is 55.5 cm³/mol. The summed E-state index contributed by atoms with van der Waals surface area (Å²) in [5.74, 6) is -0.687. The van der Waals surface area contributed by atoms with Gasteiger partial charge in [0.2, 0.25) is 5.91 Å². The van der Waals surface area contributed by atoms with Crippen LogP contribution >= 0.6 is 0 Å². The maximum atomic E-state index is 12.4. The van der Waals surface area contributed by atoms with Crippen molar-refractivity contribution in [2.75, 3.05) is 14.1 Å². The summed E-state index contributed by atoms with van der Waals surface area (Å²) in [7, 11) is 2.99. The Bertz CT molecular complexity index is 427. The average Bonchev–Trinajstić information content (AvgIpc) is 2.19. The second-order valence-corrected chi connectivity index (χ2v) is 3.81. The summed E-state index contributed by atoms with van der Waals surface area (Å²) in [4.78, 5) is 12.6. The molecule has 1 rings (SSSR count). The number of hydrogen-bond donors (Lipinski definition) is 1. The molecule has 3 nitrogen and oxygen atoms in total. The SMILES string of the molecule is CN(C)C(=O)Cc1cc(C(F)(F)F)ccc1O. The molecule has 1 aromatic carbocycles. The Kier molecular flexibility index (Phi) is 3.65. The summed E-state index contributed by atoms with van der Waals surface area (Å²) >= 11 is 0. The fraction of sp³-hybridized carbons (Fsp3) is 0.364. The van der Waals surface area contributed by atoms with Crippen LogP contribution in [0.15, 0.2) is 18.2 Å². The Morgan fingerprint density at radius 1 is 1.35 bits per heavy atom. The fourth-order valence-electron chi connectivity index (χ4n) is 1.22. The maximum absolute atomic E-state index is 12.4. The van der Waals surface area contributed by atoms with E-state index in [9.17, 15) is 23.1 Å². The molecular weight excluding hydrogens is 235 g/mol. The Morgan fingerprint density at radius 3 is 2.41 bits per heavy atom. The molecule has 0 saturated heterocycles. The third-order valence-electron chi connectivity index (χ3n) is 2.25. The van der Waals surface area contributed by atoms with Crippen molar-refractivity contribution in [3.8, 4) is 5.75 Å². The van der Waals surface area contributed by atoms with Crippen LogP contribution in [0, 0.1) is 0 Å². The fourth-order valence-corrected chi connectivity index (χ4v) is 1.22. The highest BCUT2D eigenvalue weighted by Gasteiger charge is 2.31. The minimum Gasteiger partial charge on any atom is -0.508 e. The number of carbonyl (C=O) groups is 1. The van der Waals surface area contributed by atoms with Gasteiger partial charge in [0.25, 0.3) is 0 Å². The summed E-state index contributed by atoms with van der Waals surface area (Å²) in [5.41, 5.74) is -0.907. The Hall–Kier alpha value is -1.72. The second kappa shape index (κ2) is 4.65. The number of alkyl halides is 3. The first kappa shape index (κ1) is 13.3. The highest BCUT2D eigenvalue weighted by atomic mass is 19.4. The standard InChI is InChI=1S/C11H12F3NO2/c1-15(2)10(17)6-7-5-8(11(12,13)14)3-4-9(7)16/h3-5,16H,6H2,1-2H3. The van der Waals surface area contributed by atoms with Crippen molar-refractivity contribution >= 4 is 5.91 Å². The van der Waals surface area contributed by atoms with E-state index in [4.69, 9.17) is 0 Å². The normalized spacial score (nSPS) is 11.4. The lowest BCUT2D eigenvalue weighted by molar-refractivity contribution is -0.137. The van der Waals surface area contributed by atoms with Crippen LogP contribution in [0.3, 0.4) is 0 Å². The van der Waals surface area contributed by atoms with Crippen molar-refractivity contribution in [2.45, 2.75) is 12.6 Å². The van der Waals surface area contributed by atoms with Gasteiger partial charge in [-0.05, 0) is 18.2 Å². The average molecular weight is 247 g/mol. The zero-order valence-electron chi connectivity index (χ0n) is 9.38. The van der Waals surface area contributed by atoms with Crippen LogP contribution < -0.4 is 0 Å². The van der Waals surface area contributed by atoms with Gasteiger partial charge >= 0.3 is 6.18 Å². The van der Waals surface area contributed by atoms with Gasteiger partial charge in [-0.1, -0.05) is 0 Å². The Labute approximate surface area is 96.5 Å². The molecule has 0 unspecified atom stereocenters. The molecule has 6 heteroatoms. The zero-order valence-corrected chi connectivity index (χ0v) is 9.38. The van der Waals surface area contributed by atoms with E-state index in [1.807, 2.05) is 0 Å². The van der Waals surface area contributed by atoms with E-state index in [0.717, 1.165) is 18.2 Å². The van der Waals surface area contributed by atoms with Gasteiger partial charge in [-0.25, -0.2) is 0 Å². The van der Waals surface area contributed by atoms with E-state index in [1.165, 1.54) is 19.0 Å². The molecule has 1 amide bonds. The lowest BCUT2D eigenvalue weighted by atomic mass is 10.1. The predicted octanol–water partition coefficient (Wildman–Crippen LogP) is 2.04. The lowest BCUT2D eigenvalue weighted by Crippen LogP contribution is -2.23. The number of phenols is 1. The molecule has 0 aromatic heterocycles. The third-order valence-corrected chi connectivity index (χ3v) is 2.25. The number of aromatic hydroxyl groups is 1. The van der Waals surface area contributed by atoms with Crippen LogP contribution in [0.5, 0.6) is 5.75 Å². The largest absolute Gasteiger partial charge is 0.508 e. The molecule has 17 heavy (non-hydrogen) atoms. The van der Waals surface area contributed by atoms with Crippen LogP contribution in [-0.2, 0) is 17.4 Å². The van der Waals surface area contributed by atoms with Gasteiger partial charge in [0, 0.05) is 19.7 Å². The minimum absolute atomic E-state index is 0.0291. The summed E-state index contributed by atoms with van der Waals surface area (Å²) in [6.07, 6.45) is -4.74. The molecule has 0 saturated carbocycles. The number of rotatable bonds is 2. The number of phenolic OH excluding ortho intramolecular Hbond substituents is 1. The van der Waals surface area contributed by atoms with Crippen LogP contribution in [0.1, 0.15) is 11.1 Å². The monoisotopic (exact) mass is 247 g/mol. The molecular formula is C11H12F3NO2. The molecule has 1 aromatic rings. The van der Waals surface area contributed by atoms with Crippen LogP contribution in [0.2, 0.25) is 0 Å². The van der Waals surface area contributed by atoms with Crippen molar-refractivity contribution in [2.24, 2.45) is 0 Å². The number of benzene rings is 1. The van der Waals surface area contributed by atoms with Gasteiger partial charge in [0.05, 0.1) is 12.0 Å². The molecule has 0 atom stereocenters. The first-order chi connectivity index (χ1) is 7.71. The molecule has 0 aliphatic carbocycles. The van der Waals surface area contributed by atoms with Gasteiger partial charge < -0.3 is 10.0 Å². The van der Waals surface area contributed by atoms with Crippen molar-refractivity contribution in [3.63, 3.8) is 0 Å². The van der Waals surface area contributed by atoms with Crippen LogP contribution in [0.25, 0.3) is 0 Å². The maximum Gasteiger partial charge on any atom is 0.416 e. The smallest absolute Gasteiger partial charge is 0.416 e. The molecule has 94 valence electrons. The number of carbonyl (C=O) groups excluding carboxylic acids is 1. The van der Waals surface area contributed by atoms with Gasteiger partial charge in [-0.2, -0.15) is 13.2 Å². The van der Waals surface area contributed by atoms with Gasteiger partial charge in [-0.15, -0.1) is 0 Å². The topological polar surface area (TPSA) is 40.5 Å². The van der Waals surface area contributed by atoms with Crippen LogP contribution in [-0.4, -0.2) is 30.0 Å². The molecule has 0 bridgehead atoms. The summed E-state index contributed by atoms with van der Waals surface area (Å²) < 4.78 is 37.3. The number of hydrogen-bond acceptors (Lipinski definition) is 2. The van der Waals surface area contributed by atoms with Crippen LogP contribution in [0.4, 0.5) is 13.2 Å². The van der Waals surface area contributed by atoms with E-state index >= 15 is 0 Å². The molecule has 0 spiro atoms. The molecule has 0 aliphatic rings. The molecule has 0 fully saturated rings. The second-order valence-electron chi connectivity index (χ2n) is 3.81. The van der Waals surface area contributed by atoms with E-state index in [-0.39, 0.29) is 23.6 Å². The molecule has 0 heterocycles. The van der Waals surface area contributed by atoms with E-state index in [1.54, 1.807) is 0 Å². The Morgan fingerprint density at radius 2 is 1.94 bits per heavy atom. The van der Waals surface area contributed by atoms with Gasteiger partial charge in [0.1, 0.15) is 5.75 Å². The quantitative estimate of drug-likeness (QED) is 0.868. The zero-order chi connectivity index (χ0) is 13.2. The highest BCUT2D eigenvalue weighted by molar-refractivity contribution is 5.79. The molecule has 0 radical (unpaired) electrons. The van der Waals surface area contributed by atoms with E-state index in [2.05, 4.69) is 0 Å². The highest BCUT2D eigenvalue weighted by Crippen LogP contribution is 2.32. The molecule has 1 N–H and O–H groups in total. The lowest BCUT2D eigenvalue weighted by Gasteiger charge is -2.13. The van der Waals surface area contributed by atoms with Crippen molar-refractivity contribution in [1.82, 2.24) is 4.90 Å². The minimum atomic E-state index is -4.48. The Balaban J connectivity index is 3.03. The number of likely N-dealkylation sites (N-methyl/N-ethyl adjacent to an activating group) is 1. The van der Waals surface area contributed by atoms with Crippen molar-refractivity contribution < 1.29 is 23.1 Å². The number of halogens is 3. The number of amides is 1. The third kappa shape index (κ3) is 3.37. The van der Waals surface area contributed by atoms with E-state index in [0.29, 0.717) is 0 Å². The van der Waals surface area contributed by atoms with E-state index < -0.39 is 11.7 Å². The summed E-state index contributed by atoms with van der Waals surface area (Å²) in [6.45, 7) is 0. The summed E-state index contributed by atoms with van der Waals surface area (Å²) in [6, 6.07) is 2.51. The first-order valence-electron chi connectivity index (χ1n) is 4.81. The number of nitrogens with zero attached hydrogens (tertiary/aromatic N) is 1. The molecule has 0 aliphatic heterocycles. The summed E-state index contributed by atoms with van der Waals surface area (Å²) in [5, 5.41) is 9.39. The van der Waals surface area contributed by atoms with Gasteiger partial charge in [0.15, 0.2) is 0 Å². The van der Waals surface area contributed by atoms with Gasteiger partial charge in [-0.3, -0.25) is 4.79 Å². The van der Waals surface area contributed by atoms with Crippen molar-refractivity contribution in [3.05, 3.63) is 29.3 Å². The van der Waals surface area contributed by atoms with Crippen molar-refractivity contribution in [1.29, 1.82) is 0 Å². The first-order valence-corrected chi connectivity index (χ1v) is 4.81.